The molecule has 0 spiro atoms. The molecule has 0 amide bonds. The lowest BCUT2D eigenvalue weighted by atomic mass is 10.1. The quantitative estimate of drug-likeness (QED) is 0.786. The average Bonchev–Trinajstić information content (AvgIpc) is 2.73. The number of halogens is 3. The number of hydrogen-bond acceptors (Lipinski definition) is 2. The Morgan fingerprint density at radius 1 is 1.32 bits per heavy atom. The third-order valence-corrected chi connectivity index (χ3v) is 2.33. The minimum atomic E-state index is -5.08. The van der Waals surface area contributed by atoms with Crippen molar-refractivity contribution >= 4 is 16.9 Å². The largest absolute Gasteiger partial charge is 0.490 e. The minimum absolute atomic E-state index is 0.710. The van der Waals surface area contributed by atoms with Crippen molar-refractivity contribution in [2.45, 2.75) is 12.6 Å². The summed E-state index contributed by atoms with van der Waals surface area (Å²) in [5.74, 6) is -2.76. The van der Waals surface area contributed by atoms with Crippen LogP contribution in [-0.4, -0.2) is 28.8 Å². The molecule has 104 valence electrons. The number of benzene rings is 1. The number of rotatable bonds is 2. The Hall–Kier alpha value is -2.02. The van der Waals surface area contributed by atoms with Crippen LogP contribution in [0.2, 0.25) is 0 Å². The van der Waals surface area contributed by atoms with Crippen molar-refractivity contribution < 1.29 is 23.1 Å². The second kappa shape index (κ2) is 6.24. The van der Waals surface area contributed by atoms with E-state index in [-0.39, 0.29) is 0 Å². The summed E-state index contributed by atoms with van der Waals surface area (Å²) in [6.07, 6.45) is -2.10. The number of H-pyrrole nitrogens is 1. The van der Waals surface area contributed by atoms with Gasteiger partial charge in [0.05, 0.1) is 0 Å². The van der Waals surface area contributed by atoms with Crippen LogP contribution in [0.1, 0.15) is 5.56 Å². The van der Waals surface area contributed by atoms with Crippen LogP contribution in [-0.2, 0) is 11.2 Å². The molecule has 0 aliphatic rings. The van der Waals surface area contributed by atoms with Crippen LogP contribution in [0.5, 0.6) is 0 Å². The highest BCUT2D eigenvalue weighted by atomic mass is 19.4. The second-order valence-corrected chi connectivity index (χ2v) is 3.70. The third-order valence-electron chi connectivity index (χ3n) is 2.33. The number of fused-ring (bicyclic) bond motifs is 1. The first-order valence-electron chi connectivity index (χ1n) is 5.41. The number of carbonyl (C=O) groups is 1. The molecule has 4 N–H and O–H groups in total. The molecule has 2 aromatic rings. The van der Waals surface area contributed by atoms with Crippen LogP contribution < -0.4 is 5.73 Å². The van der Waals surface area contributed by atoms with Gasteiger partial charge in [-0.3, -0.25) is 0 Å². The lowest BCUT2D eigenvalue weighted by Gasteiger charge is -1.93. The normalized spacial score (nSPS) is 10.9. The van der Waals surface area contributed by atoms with Gasteiger partial charge in [0.1, 0.15) is 0 Å². The highest BCUT2D eigenvalue weighted by molar-refractivity contribution is 5.83. The molecule has 1 aromatic carbocycles. The molecule has 0 saturated heterocycles. The molecule has 0 fully saturated rings. The Kier molecular flexibility index (Phi) is 4.94. The van der Waals surface area contributed by atoms with Gasteiger partial charge < -0.3 is 15.8 Å². The summed E-state index contributed by atoms with van der Waals surface area (Å²) in [6.45, 7) is 0.710. The molecule has 0 atom stereocenters. The van der Waals surface area contributed by atoms with Crippen molar-refractivity contribution in [1.29, 1.82) is 0 Å². The molecule has 0 aliphatic heterocycles. The van der Waals surface area contributed by atoms with Gasteiger partial charge in [0, 0.05) is 17.1 Å². The zero-order valence-electron chi connectivity index (χ0n) is 9.87. The van der Waals surface area contributed by atoms with Crippen LogP contribution in [0.25, 0.3) is 10.9 Å². The van der Waals surface area contributed by atoms with Crippen molar-refractivity contribution in [3.8, 4) is 0 Å². The Morgan fingerprint density at radius 3 is 2.42 bits per heavy atom. The fraction of sp³-hybridized carbons (Fsp3) is 0.250. The molecule has 1 heterocycles. The van der Waals surface area contributed by atoms with E-state index in [0.717, 1.165) is 6.42 Å². The number of alkyl halides is 3. The van der Waals surface area contributed by atoms with Crippen LogP contribution in [0.3, 0.4) is 0 Å². The number of aliphatic carboxylic acids is 1. The highest BCUT2D eigenvalue weighted by Crippen LogP contribution is 2.17. The SMILES string of the molecule is NCCc1c[nH]c2ccccc12.O=C(O)C(F)(F)F. The van der Waals surface area contributed by atoms with Gasteiger partial charge in [0.25, 0.3) is 0 Å². The van der Waals surface area contributed by atoms with Gasteiger partial charge in [-0.2, -0.15) is 13.2 Å². The molecule has 0 saturated carbocycles. The number of carboxylic acids is 1. The zero-order valence-corrected chi connectivity index (χ0v) is 9.87. The van der Waals surface area contributed by atoms with Gasteiger partial charge in [-0.05, 0) is 24.6 Å². The fourth-order valence-corrected chi connectivity index (χ4v) is 1.49. The summed E-state index contributed by atoms with van der Waals surface area (Å²) in [5.41, 5.74) is 8.01. The summed E-state index contributed by atoms with van der Waals surface area (Å²) in [6, 6.07) is 8.29. The minimum Gasteiger partial charge on any atom is -0.475 e. The third kappa shape index (κ3) is 4.29. The molecule has 2 rings (SSSR count). The summed E-state index contributed by atoms with van der Waals surface area (Å²) in [4.78, 5) is 12.1. The average molecular weight is 274 g/mol. The van der Waals surface area contributed by atoms with E-state index in [2.05, 4.69) is 23.2 Å². The van der Waals surface area contributed by atoms with Gasteiger partial charge in [-0.25, -0.2) is 4.79 Å². The van der Waals surface area contributed by atoms with E-state index in [1.54, 1.807) is 0 Å². The van der Waals surface area contributed by atoms with Gasteiger partial charge in [0.15, 0.2) is 0 Å². The lowest BCUT2D eigenvalue weighted by molar-refractivity contribution is -0.192. The molecular formula is C12H13F3N2O2. The van der Waals surface area contributed by atoms with E-state index in [0.29, 0.717) is 6.54 Å². The predicted octanol–water partition coefficient (Wildman–Crippen LogP) is 2.30. The number of aromatic amines is 1. The number of para-hydroxylation sites is 1. The smallest absolute Gasteiger partial charge is 0.475 e. The van der Waals surface area contributed by atoms with Crippen LogP contribution in [0.15, 0.2) is 30.5 Å². The standard InChI is InChI=1S/C10H12N2.C2HF3O2/c11-6-5-8-7-12-10-4-2-1-3-9(8)10;3-2(4,5)1(6)7/h1-4,7,12H,5-6,11H2;(H,6,7). The van der Waals surface area contributed by atoms with Crippen LogP contribution in [0.4, 0.5) is 13.2 Å². The highest BCUT2D eigenvalue weighted by Gasteiger charge is 2.38. The maximum absolute atomic E-state index is 10.6. The number of hydrogen-bond donors (Lipinski definition) is 3. The Morgan fingerprint density at radius 2 is 1.89 bits per heavy atom. The van der Waals surface area contributed by atoms with Crippen LogP contribution in [0, 0.1) is 0 Å². The number of nitrogens with two attached hydrogens (primary N) is 1. The van der Waals surface area contributed by atoms with E-state index in [9.17, 15) is 13.2 Å². The molecule has 19 heavy (non-hydrogen) atoms. The molecule has 0 bridgehead atoms. The molecule has 7 heteroatoms. The molecule has 0 aliphatic carbocycles. The van der Waals surface area contributed by atoms with Gasteiger partial charge in [-0.1, -0.05) is 18.2 Å². The number of nitrogens with one attached hydrogen (secondary N) is 1. The summed E-state index contributed by atoms with van der Waals surface area (Å²) < 4.78 is 31.7. The first-order valence-corrected chi connectivity index (χ1v) is 5.41. The van der Waals surface area contributed by atoms with E-state index >= 15 is 0 Å². The van der Waals surface area contributed by atoms with E-state index in [1.165, 1.54) is 16.5 Å². The number of carboxylic acid groups (broad SMARTS) is 1. The maximum atomic E-state index is 10.6. The predicted molar refractivity (Wildman–Crippen MR) is 64.7 cm³/mol. The first-order chi connectivity index (χ1) is 8.86. The van der Waals surface area contributed by atoms with Crippen molar-refractivity contribution in [3.05, 3.63) is 36.0 Å². The fourth-order valence-electron chi connectivity index (χ4n) is 1.49. The van der Waals surface area contributed by atoms with Gasteiger partial charge >= 0.3 is 12.1 Å². The molecular weight excluding hydrogens is 261 g/mol. The summed E-state index contributed by atoms with van der Waals surface area (Å²) >= 11 is 0. The van der Waals surface area contributed by atoms with Crippen molar-refractivity contribution in [1.82, 2.24) is 4.98 Å². The van der Waals surface area contributed by atoms with Gasteiger partial charge in [-0.15, -0.1) is 0 Å². The van der Waals surface area contributed by atoms with E-state index in [4.69, 9.17) is 15.6 Å². The number of aromatic nitrogens is 1. The Balaban J connectivity index is 0.000000224. The molecule has 0 unspecified atom stereocenters. The Labute approximate surface area is 107 Å². The van der Waals surface area contributed by atoms with E-state index < -0.39 is 12.1 Å². The molecule has 1 aromatic heterocycles. The second-order valence-electron chi connectivity index (χ2n) is 3.70. The monoisotopic (exact) mass is 274 g/mol. The summed E-state index contributed by atoms with van der Waals surface area (Å²) in [5, 5.41) is 8.42. The summed E-state index contributed by atoms with van der Waals surface area (Å²) in [7, 11) is 0. The first kappa shape index (κ1) is 15.0. The Bertz CT molecular complexity index is 549. The van der Waals surface area contributed by atoms with Crippen molar-refractivity contribution in [2.24, 2.45) is 5.73 Å². The maximum Gasteiger partial charge on any atom is 0.490 e. The lowest BCUT2D eigenvalue weighted by Crippen LogP contribution is -2.21. The van der Waals surface area contributed by atoms with Crippen molar-refractivity contribution in [2.75, 3.05) is 6.54 Å². The van der Waals surface area contributed by atoms with E-state index in [1.807, 2.05) is 12.3 Å². The van der Waals surface area contributed by atoms with Crippen molar-refractivity contribution in [3.63, 3.8) is 0 Å². The van der Waals surface area contributed by atoms with Crippen LogP contribution >= 0.6 is 0 Å². The zero-order chi connectivity index (χ0) is 14.5. The molecule has 4 nitrogen and oxygen atoms in total. The molecule has 0 radical (unpaired) electrons. The topological polar surface area (TPSA) is 79.1 Å². The van der Waals surface area contributed by atoms with Gasteiger partial charge in [0.2, 0.25) is 0 Å².